The van der Waals surface area contributed by atoms with Crippen LogP contribution in [0.4, 0.5) is 5.69 Å². The maximum Gasteiger partial charge on any atom is 0.220 e. The second-order valence-corrected chi connectivity index (χ2v) is 6.83. The SMILES string of the molecule is CC1CCC2(CC1)N=C(N)N=C(N)N2c1ccc(Br)cc1. The zero-order valence-electron chi connectivity index (χ0n) is 12.1. The molecule has 1 saturated carbocycles. The van der Waals surface area contributed by atoms with Gasteiger partial charge >= 0.3 is 0 Å². The molecule has 1 spiro atoms. The molecule has 0 bridgehead atoms. The van der Waals surface area contributed by atoms with Crippen molar-refractivity contribution < 1.29 is 0 Å². The van der Waals surface area contributed by atoms with Crippen molar-refractivity contribution in [3.8, 4) is 0 Å². The standard InChI is InChI=1S/C15H20BrN5/c1-10-6-8-15(9-7-10)20-13(17)19-14(18)21(15)12-4-2-11(16)3-5-12/h2-5,10H,6-9H2,1H3,(H4,17,18,19,20). The molecular formula is C15H20BrN5. The van der Waals surface area contributed by atoms with Crippen molar-refractivity contribution in [3.63, 3.8) is 0 Å². The number of nitrogens with zero attached hydrogens (tertiary/aromatic N) is 3. The highest BCUT2D eigenvalue weighted by Gasteiger charge is 2.43. The number of hydrogen-bond donors (Lipinski definition) is 2. The van der Waals surface area contributed by atoms with Gasteiger partial charge in [0.05, 0.1) is 0 Å². The molecule has 21 heavy (non-hydrogen) atoms. The van der Waals surface area contributed by atoms with Crippen LogP contribution in [0.5, 0.6) is 0 Å². The predicted molar refractivity (Wildman–Crippen MR) is 90.2 cm³/mol. The lowest BCUT2D eigenvalue weighted by Crippen LogP contribution is -2.58. The van der Waals surface area contributed by atoms with E-state index in [0.29, 0.717) is 5.96 Å². The molecule has 6 heteroatoms. The second-order valence-electron chi connectivity index (χ2n) is 5.92. The molecule has 1 aromatic rings. The molecule has 0 aromatic heterocycles. The minimum atomic E-state index is -0.379. The zero-order chi connectivity index (χ0) is 15.0. The van der Waals surface area contributed by atoms with Gasteiger partial charge in [0.25, 0.3) is 0 Å². The van der Waals surface area contributed by atoms with Crippen LogP contribution in [0.1, 0.15) is 32.6 Å². The van der Waals surface area contributed by atoms with E-state index < -0.39 is 0 Å². The van der Waals surface area contributed by atoms with Gasteiger partial charge in [-0.25, -0.2) is 4.99 Å². The summed E-state index contributed by atoms with van der Waals surface area (Å²) in [5, 5.41) is 0. The van der Waals surface area contributed by atoms with Crippen LogP contribution in [0.3, 0.4) is 0 Å². The second kappa shape index (κ2) is 5.33. The van der Waals surface area contributed by atoms with Crippen molar-refractivity contribution >= 4 is 33.5 Å². The minimum absolute atomic E-state index is 0.287. The fourth-order valence-electron chi connectivity index (χ4n) is 3.19. The molecule has 112 valence electrons. The minimum Gasteiger partial charge on any atom is -0.369 e. The number of halogens is 1. The quantitative estimate of drug-likeness (QED) is 0.817. The van der Waals surface area contributed by atoms with Crippen LogP contribution in [0.2, 0.25) is 0 Å². The van der Waals surface area contributed by atoms with Gasteiger partial charge in [-0.05, 0) is 55.9 Å². The van der Waals surface area contributed by atoms with E-state index >= 15 is 0 Å². The summed E-state index contributed by atoms with van der Waals surface area (Å²) in [6.07, 6.45) is 4.14. The monoisotopic (exact) mass is 349 g/mol. The number of anilines is 1. The molecule has 0 saturated heterocycles. The van der Waals surface area contributed by atoms with Gasteiger partial charge in [0, 0.05) is 10.2 Å². The van der Waals surface area contributed by atoms with Gasteiger partial charge in [0.2, 0.25) is 11.9 Å². The Kier molecular flexibility index (Phi) is 3.65. The van der Waals surface area contributed by atoms with Crippen molar-refractivity contribution in [2.24, 2.45) is 27.4 Å². The summed E-state index contributed by atoms with van der Waals surface area (Å²) in [6, 6.07) is 8.07. The summed E-state index contributed by atoms with van der Waals surface area (Å²) in [6.45, 7) is 2.28. The molecule has 1 fully saturated rings. The average Bonchev–Trinajstić information content (AvgIpc) is 2.44. The molecule has 1 aromatic carbocycles. The lowest BCUT2D eigenvalue weighted by Gasteiger charge is -2.46. The van der Waals surface area contributed by atoms with E-state index in [1.807, 2.05) is 29.2 Å². The third kappa shape index (κ3) is 2.64. The van der Waals surface area contributed by atoms with E-state index in [2.05, 4.69) is 32.8 Å². The van der Waals surface area contributed by atoms with Crippen molar-refractivity contribution in [2.45, 2.75) is 38.3 Å². The Morgan fingerprint density at radius 1 is 1.19 bits per heavy atom. The lowest BCUT2D eigenvalue weighted by atomic mass is 9.81. The maximum absolute atomic E-state index is 6.18. The molecule has 2 aliphatic rings. The highest BCUT2D eigenvalue weighted by Crippen LogP contribution is 2.41. The highest BCUT2D eigenvalue weighted by atomic mass is 79.9. The van der Waals surface area contributed by atoms with Crippen LogP contribution >= 0.6 is 15.9 Å². The summed E-state index contributed by atoms with van der Waals surface area (Å²) < 4.78 is 1.04. The van der Waals surface area contributed by atoms with Gasteiger partial charge < -0.3 is 11.5 Å². The van der Waals surface area contributed by atoms with Gasteiger partial charge in [-0.2, -0.15) is 4.99 Å². The van der Waals surface area contributed by atoms with E-state index in [0.717, 1.165) is 41.8 Å². The first-order chi connectivity index (χ1) is 10.00. The van der Waals surface area contributed by atoms with E-state index in [-0.39, 0.29) is 11.6 Å². The van der Waals surface area contributed by atoms with Crippen LogP contribution in [0.25, 0.3) is 0 Å². The summed E-state index contributed by atoms with van der Waals surface area (Å²) in [5.74, 6) is 1.44. The zero-order valence-corrected chi connectivity index (χ0v) is 13.7. The number of hydrogen-bond acceptors (Lipinski definition) is 5. The largest absolute Gasteiger partial charge is 0.369 e. The molecule has 0 radical (unpaired) electrons. The van der Waals surface area contributed by atoms with Crippen molar-refractivity contribution in [1.29, 1.82) is 0 Å². The van der Waals surface area contributed by atoms with Gasteiger partial charge in [-0.1, -0.05) is 22.9 Å². The molecule has 3 rings (SSSR count). The van der Waals surface area contributed by atoms with E-state index in [4.69, 9.17) is 11.5 Å². The molecule has 4 N–H and O–H groups in total. The first kappa shape index (κ1) is 14.4. The third-order valence-corrected chi connectivity index (χ3v) is 4.89. The van der Waals surface area contributed by atoms with Crippen molar-refractivity contribution in [3.05, 3.63) is 28.7 Å². The summed E-state index contributed by atoms with van der Waals surface area (Å²) in [5.41, 5.74) is 12.7. The third-order valence-electron chi connectivity index (χ3n) is 4.36. The highest BCUT2D eigenvalue weighted by molar-refractivity contribution is 9.10. The molecule has 0 unspecified atom stereocenters. The Morgan fingerprint density at radius 2 is 1.81 bits per heavy atom. The maximum atomic E-state index is 6.18. The molecular weight excluding hydrogens is 330 g/mol. The van der Waals surface area contributed by atoms with Crippen LogP contribution < -0.4 is 16.4 Å². The van der Waals surface area contributed by atoms with Gasteiger partial charge in [0.1, 0.15) is 5.66 Å². The fourth-order valence-corrected chi connectivity index (χ4v) is 3.46. The number of nitrogens with two attached hydrogens (primary N) is 2. The first-order valence-electron chi connectivity index (χ1n) is 7.25. The number of rotatable bonds is 1. The summed E-state index contributed by atoms with van der Waals surface area (Å²) >= 11 is 3.46. The lowest BCUT2D eigenvalue weighted by molar-refractivity contribution is 0.252. The first-order valence-corrected chi connectivity index (χ1v) is 8.05. The molecule has 1 aliphatic heterocycles. The van der Waals surface area contributed by atoms with E-state index in [1.54, 1.807) is 0 Å². The predicted octanol–water partition coefficient (Wildman–Crippen LogP) is 2.80. The Morgan fingerprint density at radius 3 is 2.43 bits per heavy atom. The normalized spacial score (nSPS) is 29.2. The van der Waals surface area contributed by atoms with Crippen LogP contribution in [-0.4, -0.2) is 17.6 Å². The van der Waals surface area contributed by atoms with Gasteiger partial charge in [-0.3, -0.25) is 4.90 Å². The van der Waals surface area contributed by atoms with Crippen LogP contribution in [0, 0.1) is 5.92 Å². The number of aliphatic imine (C=N–C) groups is 2. The van der Waals surface area contributed by atoms with Crippen LogP contribution in [0.15, 0.2) is 38.7 Å². The van der Waals surface area contributed by atoms with Crippen LogP contribution in [-0.2, 0) is 0 Å². The molecule has 1 heterocycles. The topological polar surface area (TPSA) is 80.0 Å². The van der Waals surface area contributed by atoms with Gasteiger partial charge in [-0.15, -0.1) is 0 Å². The number of guanidine groups is 2. The Hall–Kier alpha value is -1.56. The molecule has 0 atom stereocenters. The molecule has 5 nitrogen and oxygen atoms in total. The van der Waals surface area contributed by atoms with E-state index in [9.17, 15) is 0 Å². The fraction of sp³-hybridized carbons (Fsp3) is 0.467. The van der Waals surface area contributed by atoms with Crippen molar-refractivity contribution in [1.82, 2.24) is 0 Å². The van der Waals surface area contributed by atoms with Gasteiger partial charge in [0.15, 0.2) is 0 Å². The Labute approximate surface area is 133 Å². The average molecular weight is 350 g/mol. The van der Waals surface area contributed by atoms with E-state index in [1.165, 1.54) is 0 Å². The molecule has 1 aliphatic carbocycles. The summed E-state index contributed by atoms with van der Waals surface area (Å²) in [4.78, 5) is 10.9. The van der Waals surface area contributed by atoms with Crippen molar-refractivity contribution in [2.75, 3.05) is 4.90 Å². The number of benzene rings is 1. The molecule has 0 amide bonds. The Bertz CT molecular complexity index is 585. The smallest absolute Gasteiger partial charge is 0.220 e. The Balaban J connectivity index is 2.02. The summed E-state index contributed by atoms with van der Waals surface area (Å²) in [7, 11) is 0.